The van der Waals surface area contributed by atoms with Crippen molar-refractivity contribution in [2.75, 3.05) is 0 Å². The van der Waals surface area contributed by atoms with Crippen molar-refractivity contribution in [1.29, 1.82) is 5.41 Å². The summed E-state index contributed by atoms with van der Waals surface area (Å²) in [7, 11) is -10.7. The van der Waals surface area contributed by atoms with E-state index in [0.29, 0.717) is 0 Å². The zero-order valence-corrected chi connectivity index (χ0v) is 8.25. The molecule has 0 heterocycles. The van der Waals surface area contributed by atoms with Gasteiger partial charge in [0.2, 0.25) is 0 Å². The third kappa shape index (κ3) is 1.97. The Balaban J connectivity index is 5.96. The number of nitrogens with one attached hydrogen (secondary N) is 1. The van der Waals surface area contributed by atoms with Crippen LogP contribution >= 0.6 is 0 Å². The number of carbonyl (C=O) groups is 1. The second-order valence-corrected chi connectivity index (χ2v) is 5.90. The summed E-state index contributed by atoms with van der Waals surface area (Å²) in [5, 5.41) is 6.49. The maximum absolute atomic E-state index is 10.6. The van der Waals surface area contributed by atoms with Gasteiger partial charge in [0.25, 0.3) is 24.3 Å². The Morgan fingerprint density at radius 2 is 1.50 bits per heavy atom. The van der Waals surface area contributed by atoms with Gasteiger partial charge in [0.1, 0.15) is 0 Å². The van der Waals surface area contributed by atoms with Crippen LogP contribution in [0.3, 0.4) is 0 Å². The van der Waals surface area contributed by atoms with Crippen LogP contribution in [0, 0.1) is 5.41 Å². The predicted octanol–water partition coefficient (Wildman–Crippen LogP) is -1.30. The van der Waals surface area contributed by atoms with Gasteiger partial charge in [0.15, 0.2) is 6.29 Å². The van der Waals surface area contributed by atoms with Gasteiger partial charge in [-0.1, -0.05) is 0 Å². The first-order chi connectivity index (χ1) is 6.12. The minimum absolute atomic E-state index is 0.274. The van der Waals surface area contributed by atoms with Gasteiger partial charge < -0.3 is 10.2 Å². The fourth-order valence-electron chi connectivity index (χ4n) is 0.656. The molecule has 82 valence electrons. The average molecular weight is 245 g/mol. The molecular formula is C4H7NO7S2. The Hall–Kier alpha value is -0.840. The van der Waals surface area contributed by atoms with Gasteiger partial charge in [0, 0.05) is 6.42 Å². The molecule has 10 heteroatoms. The lowest BCUT2D eigenvalue weighted by Crippen LogP contribution is -2.47. The minimum Gasteiger partial charge on any atom is -0.313 e. The summed E-state index contributed by atoms with van der Waals surface area (Å²) in [6.07, 6.45) is -1.52. The molecule has 0 saturated heterocycles. The van der Waals surface area contributed by atoms with E-state index in [0.717, 1.165) is 0 Å². The molecule has 0 aliphatic carbocycles. The van der Waals surface area contributed by atoms with Crippen molar-refractivity contribution >= 4 is 32.7 Å². The van der Waals surface area contributed by atoms with E-state index in [1.165, 1.54) is 0 Å². The van der Waals surface area contributed by atoms with Crippen molar-refractivity contribution in [2.45, 2.75) is 10.5 Å². The van der Waals surface area contributed by atoms with Gasteiger partial charge in [0.05, 0.1) is 0 Å². The molecule has 0 unspecified atom stereocenters. The summed E-state index contributed by atoms with van der Waals surface area (Å²) in [5.74, 6) is 0. The van der Waals surface area contributed by atoms with E-state index in [1.54, 1.807) is 0 Å². The smallest absolute Gasteiger partial charge is 0.295 e. The van der Waals surface area contributed by atoms with Crippen LogP contribution < -0.4 is 0 Å². The van der Waals surface area contributed by atoms with Crippen LogP contribution in [0.1, 0.15) is 6.42 Å². The monoisotopic (exact) mass is 245 g/mol. The fraction of sp³-hybridized carbons (Fsp3) is 0.500. The average Bonchev–Trinajstić information content (AvgIpc) is 1.94. The van der Waals surface area contributed by atoms with Crippen LogP contribution in [-0.2, 0) is 25.0 Å². The second-order valence-electron chi connectivity index (χ2n) is 2.29. The van der Waals surface area contributed by atoms with E-state index < -0.39 is 37.0 Å². The van der Waals surface area contributed by atoms with Crippen molar-refractivity contribution in [3.8, 4) is 0 Å². The maximum Gasteiger partial charge on any atom is 0.295 e. The highest BCUT2D eigenvalue weighted by molar-refractivity contribution is 8.06. The van der Waals surface area contributed by atoms with Crippen LogP contribution in [0.25, 0.3) is 0 Å². The summed E-state index contributed by atoms with van der Waals surface area (Å²) in [6.45, 7) is 0. The van der Waals surface area contributed by atoms with E-state index in [4.69, 9.17) is 14.5 Å². The first-order valence-corrected chi connectivity index (χ1v) is 5.90. The van der Waals surface area contributed by atoms with E-state index in [9.17, 15) is 21.6 Å². The summed E-state index contributed by atoms with van der Waals surface area (Å²) < 4.78 is 56.0. The Morgan fingerprint density at radius 3 is 1.57 bits per heavy atom. The van der Waals surface area contributed by atoms with Crippen molar-refractivity contribution in [2.24, 2.45) is 0 Å². The van der Waals surface area contributed by atoms with Gasteiger partial charge in [-0.15, -0.1) is 0 Å². The van der Waals surface area contributed by atoms with E-state index >= 15 is 0 Å². The van der Waals surface area contributed by atoms with Crippen LogP contribution in [-0.4, -0.2) is 42.5 Å². The van der Waals surface area contributed by atoms with Gasteiger partial charge in [-0.2, -0.15) is 16.8 Å². The summed E-state index contributed by atoms with van der Waals surface area (Å²) in [4.78, 5) is 10.3. The van der Waals surface area contributed by atoms with Crippen molar-refractivity contribution in [3.05, 3.63) is 0 Å². The van der Waals surface area contributed by atoms with Crippen LogP contribution in [0.4, 0.5) is 0 Å². The highest BCUT2D eigenvalue weighted by Gasteiger charge is 2.54. The molecule has 0 rings (SSSR count). The van der Waals surface area contributed by atoms with Crippen LogP contribution in [0.2, 0.25) is 0 Å². The minimum atomic E-state index is -5.35. The lowest BCUT2D eigenvalue weighted by Gasteiger charge is -2.18. The molecule has 3 N–H and O–H groups in total. The molecular weight excluding hydrogens is 238 g/mol. The topological polar surface area (TPSA) is 150 Å². The number of rotatable bonds is 5. The first-order valence-electron chi connectivity index (χ1n) is 3.01. The Morgan fingerprint density at radius 1 is 1.14 bits per heavy atom. The molecule has 0 aliphatic rings. The standard InChI is InChI=1S/C4H7NO7S2/c5-2-1-4(3-6,13(7,8)9)14(10,11)12/h2-3,5H,1H2,(H,7,8,9)(H,10,11,12). The molecule has 0 fully saturated rings. The SMILES string of the molecule is N=CCC(C=O)(S(=O)(=O)O)S(=O)(=O)O. The zero-order chi connectivity index (χ0) is 11.6. The molecule has 0 atom stereocenters. The third-order valence-corrected chi connectivity index (χ3v) is 4.98. The molecule has 0 spiro atoms. The van der Waals surface area contributed by atoms with Gasteiger partial charge in [-0.25, -0.2) is 0 Å². The number of aldehydes is 1. The Kier molecular flexibility index (Phi) is 3.50. The fourth-order valence-corrected chi connectivity index (χ4v) is 2.55. The van der Waals surface area contributed by atoms with E-state index in [2.05, 4.69) is 0 Å². The molecule has 0 aliphatic heterocycles. The van der Waals surface area contributed by atoms with Gasteiger partial charge in [-0.3, -0.25) is 9.11 Å². The van der Waals surface area contributed by atoms with Gasteiger partial charge in [-0.05, 0) is 6.21 Å². The highest BCUT2D eigenvalue weighted by Crippen LogP contribution is 2.23. The molecule has 0 aromatic rings. The third-order valence-electron chi connectivity index (χ3n) is 1.44. The Labute approximate surface area is 79.9 Å². The number of hydrogen-bond donors (Lipinski definition) is 3. The van der Waals surface area contributed by atoms with E-state index in [-0.39, 0.29) is 6.21 Å². The highest BCUT2D eigenvalue weighted by atomic mass is 32.3. The van der Waals surface area contributed by atoms with Crippen LogP contribution in [0.5, 0.6) is 0 Å². The summed E-state index contributed by atoms with van der Waals surface area (Å²) in [5.41, 5.74) is 0. The number of hydrogen-bond acceptors (Lipinski definition) is 6. The molecule has 0 amide bonds. The van der Waals surface area contributed by atoms with E-state index in [1.807, 2.05) is 0 Å². The number of carbonyl (C=O) groups excluding carboxylic acids is 1. The summed E-state index contributed by atoms with van der Waals surface area (Å²) in [6, 6.07) is 0. The normalized spacial score (nSPS) is 13.6. The van der Waals surface area contributed by atoms with Crippen LogP contribution in [0.15, 0.2) is 0 Å². The maximum atomic E-state index is 10.6. The molecule has 8 nitrogen and oxygen atoms in total. The summed E-state index contributed by atoms with van der Waals surface area (Å²) >= 11 is 0. The molecule has 0 saturated carbocycles. The molecule has 0 aromatic carbocycles. The van der Waals surface area contributed by atoms with Crippen molar-refractivity contribution in [3.63, 3.8) is 0 Å². The largest absolute Gasteiger partial charge is 0.313 e. The molecule has 14 heavy (non-hydrogen) atoms. The first kappa shape index (κ1) is 13.2. The van der Waals surface area contributed by atoms with Crippen molar-refractivity contribution in [1.82, 2.24) is 0 Å². The van der Waals surface area contributed by atoms with Crippen molar-refractivity contribution < 1.29 is 30.7 Å². The predicted molar refractivity (Wildman–Crippen MR) is 45.3 cm³/mol. The lowest BCUT2D eigenvalue weighted by atomic mass is 10.3. The molecule has 0 aromatic heterocycles. The second kappa shape index (κ2) is 3.73. The lowest BCUT2D eigenvalue weighted by molar-refractivity contribution is -0.108. The van der Waals surface area contributed by atoms with Gasteiger partial charge >= 0.3 is 0 Å². The molecule has 0 radical (unpaired) electrons. The Bertz CT molecular complexity index is 400. The molecule has 0 bridgehead atoms. The zero-order valence-electron chi connectivity index (χ0n) is 6.61. The quantitative estimate of drug-likeness (QED) is 0.309.